The minimum Gasteiger partial charge on any atom is -0.353 e. The number of benzene rings is 1. The molecule has 0 amide bonds. The van der Waals surface area contributed by atoms with Crippen molar-refractivity contribution >= 4 is 16.7 Å². The fraction of sp³-hybridized carbons (Fsp3) is 0.312. The number of aromatic amines is 1. The summed E-state index contributed by atoms with van der Waals surface area (Å²) in [4.78, 5) is 10.5. The number of fused-ring (bicyclic) bond motifs is 1. The van der Waals surface area contributed by atoms with E-state index in [2.05, 4.69) is 33.2 Å². The minimum absolute atomic E-state index is 0.294. The second-order valence-electron chi connectivity index (χ2n) is 5.35. The van der Waals surface area contributed by atoms with Crippen LogP contribution in [0.1, 0.15) is 24.7 Å². The van der Waals surface area contributed by atoms with Crippen molar-refractivity contribution in [3.05, 3.63) is 47.8 Å². The molecular weight excluding hydrogens is 281 g/mol. The molecule has 22 heavy (non-hydrogen) atoms. The zero-order chi connectivity index (χ0) is 15.5. The smallest absolute Gasteiger partial charge is 0.139 e. The normalized spacial score (nSPS) is 11.0. The average molecular weight is 299 g/mol. The van der Waals surface area contributed by atoms with Crippen molar-refractivity contribution in [3.63, 3.8) is 0 Å². The molecule has 3 rings (SSSR count). The van der Waals surface area contributed by atoms with Crippen molar-refractivity contribution in [2.75, 3.05) is 11.9 Å². The first-order valence-electron chi connectivity index (χ1n) is 7.32. The van der Waals surface area contributed by atoms with Gasteiger partial charge in [-0.15, -0.1) is 0 Å². The third-order valence-corrected chi connectivity index (χ3v) is 3.54. The van der Waals surface area contributed by atoms with E-state index in [1.165, 1.54) is 18.5 Å². The maximum absolute atomic E-state index is 13.3. The van der Waals surface area contributed by atoms with Gasteiger partial charge in [-0.1, -0.05) is 13.3 Å². The summed E-state index contributed by atoms with van der Waals surface area (Å²) in [6.07, 6.45) is 3.50. The zero-order valence-electron chi connectivity index (χ0n) is 12.7. The van der Waals surface area contributed by atoms with E-state index in [-0.39, 0.29) is 5.82 Å². The molecule has 0 saturated heterocycles. The van der Waals surface area contributed by atoms with Gasteiger partial charge in [0.15, 0.2) is 0 Å². The second-order valence-corrected chi connectivity index (χ2v) is 5.35. The Bertz CT molecular complexity index is 783. The Labute approximate surface area is 128 Å². The molecule has 3 aromatic rings. The van der Waals surface area contributed by atoms with Crippen LogP contribution in [-0.2, 0) is 13.0 Å². The molecule has 0 aliphatic carbocycles. The molecule has 1 N–H and O–H groups in total. The SMILES string of the molecule is CCCc1cc(CN(C)c2ncnc3cc(F)ccc23)[nH]n1. The van der Waals surface area contributed by atoms with Gasteiger partial charge in [0, 0.05) is 18.5 Å². The first-order chi connectivity index (χ1) is 10.7. The molecule has 114 valence electrons. The first-order valence-corrected chi connectivity index (χ1v) is 7.32. The van der Waals surface area contributed by atoms with Gasteiger partial charge < -0.3 is 4.90 Å². The molecule has 0 radical (unpaired) electrons. The molecule has 0 bridgehead atoms. The lowest BCUT2D eigenvalue weighted by molar-refractivity contribution is 0.629. The number of hydrogen-bond donors (Lipinski definition) is 1. The van der Waals surface area contributed by atoms with E-state index >= 15 is 0 Å². The third kappa shape index (κ3) is 2.90. The van der Waals surface area contributed by atoms with Crippen LogP contribution in [0.5, 0.6) is 0 Å². The summed E-state index contributed by atoms with van der Waals surface area (Å²) in [5, 5.41) is 8.18. The van der Waals surface area contributed by atoms with E-state index in [9.17, 15) is 4.39 Å². The zero-order valence-corrected chi connectivity index (χ0v) is 12.7. The van der Waals surface area contributed by atoms with E-state index < -0.39 is 0 Å². The van der Waals surface area contributed by atoms with E-state index in [1.807, 2.05) is 11.9 Å². The topological polar surface area (TPSA) is 57.7 Å². The molecule has 0 spiro atoms. The van der Waals surface area contributed by atoms with Gasteiger partial charge in [0.1, 0.15) is 18.0 Å². The molecule has 0 fully saturated rings. The Morgan fingerprint density at radius 1 is 1.23 bits per heavy atom. The Morgan fingerprint density at radius 2 is 2.09 bits per heavy atom. The lowest BCUT2D eigenvalue weighted by Crippen LogP contribution is -2.18. The molecule has 0 aliphatic rings. The molecule has 0 saturated carbocycles. The lowest BCUT2D eigenvalue weighted by atomic mass is 10.2. The van der Waals surface area contributed by atoms with E-state index in [0.29, 0.717) is 12.1 Å². The summed E-state index contributed by atoms with van der Waals surface area (Å²) in [7, 11) is 1.95. The van der Waals surface area contributed by atoms with Gasteiger partial charge in [-0.25, -0.2) is 14.4 Å². The van der Waals surface area contributed by atoms with Crippen LogP contribution in [-0.4, -0.2) is 27.2 Å². The van der Waals surface area contributed by atoms with Gasteiger partial charge >= 0.3 is 0 Å². The van der Waals surface area contributed by atoms with Crippen molar-refractivity contribution in [2.24, 2.45) is 0 Å². The summed E-state index contributed by atoms with van der Waals surface area (Å²) in [5.41, 5.74) is 2.70. The highest BCUT2D eigenvalue weighted by Gasteiger charge is 2.11. The Morgan fingerprint density at radius 3 is 2.91 bits per heavy atom. The van der Waals surface area contributed by atoms with Gasteiger partial charge in [-0.05, 0) is 24.6 Å². The standard InChI is InChI=1S/C16H18FN5/c1-3-4-12-8-13(21-20-12)9-22(2)16-14-6-5-11(17)7-15(14)18-10-19-16/h5-8,10H,3-4,9H2,1-2H3,(H,20,21). The highest BCUT2D eigenvalue weighted by Crippen LogP contribution is 2.23. The molecule has 1 aromatic carbocycles. The molecular formula is C16H18FN5. The van der Waals surface area contributed by atoms with Gasteiger partial charge in [-0.2, -0.15) is 5.10 Å². The number of aryl methyl sites for hydroxylation is 1. The van der Waals surface area contributed by atoms with Gasteiger partial charge in [0.25, 0.3) is 0 Å². The number of rotatable bonds is 5. The molecule has 2 aromatic heterocycles. The van der Waals surface area contributed by atoms with Crippen molar-refractivity contribution in [1.29, 1.82) is 0 Å². The first kappa shape index (κ1) is 14.4. The monoisotopic (exact) mass is 299 g/mol. The van der Waals surface area contributed by atoms with Crippen molar-refractivity contribution in [2.45, 2.75) is 26.3 Å². The second kappa shape index (κ2) is 6.09. The van der Waals surface area contributed by atoms with Gasteiger partial charge in [-0.3, -0.25) is 5.10 Å². The highest BCUT2D eigenvalue weighted by atomic mass is 19.1. The molecule has 0 unspecified atom stereocenters. The summed E-state index contributed by atoms with van der Waals surface area (Å²) >= 11 is 0. The van der Waals surface area contributed by atoms with Crippen LogP contribution in [0.2, 0.25) is 0 Å². The Hall–Kier alpha value is -2.50. The number of nitrogens with zero attached hydrogens (tertiary/aromatic N) is 4. The summed E-state index contributed by atoms with van der Waals surface area (Å²) in [6, 6.07) is 6.64. The van der Waals surface area contributed by atoms with Gasteiger partial charge in [0.05, 0.1) is 23.4 Å². The maximum atomic E-state index is 13.3. The molecule has 2 heterocycles. The predicted molar refractivity (Wildman–Crippen MR) is 84.2 cm³/mol. The van der Waals surface area contributed by atoms with Crippen LogP contribution in [0.4, 0.5) is 10.2 Å². The molecule has 0 aliphatic heterocycles. The Balaban J connectivity index is 1.86. The number of H-pyrrole nitrogens is 1. The predicted octanol–water partition coefficient (Wildman–Crippen LogP) is 3.08. The van der Waals surface area contributed by atoms with Crippen molar-refractivity contribution in [3.8, 4) is 0 Å². The van der Waals surface area contributed by atoms with Crippen LogP contribution in [0.3, 0.4) is 0 Å². The van der Waals surface area contributed by atoms with E-state index in [0.717, 1.165) is 35.4 Å². The van der Waals surface area contributed by atoms with Crippen molar-refractivity contribution in [1.82, 2.24) is 20.2 Å². The number of hydrogen-bond acceptors (Lipinski definition) is 4. The van der Waals surface area contributed by atoms with Crippen LogP contribution in [0.25, 0.3) is 10.9 Å². The average Bonchev–Trinajstić information content (AvgIpc) is 2.94. The van der Waals surface area contributed by atoms with Crippen LogP contribution >= 0.6 is 0 Å². The maximum Gasteiger partial charge on any atom is 0.139 e. The highest BCUT2D eigenvalue weighted by molar-refractivity contribution is 5.89. The molecule has 6 heteroatoms. The fourth-order valence-electron chi connectivity index (χ4n) is 2.53. The third-order valence-electron chi connectivity index (χ3n) is 3.54. The number of halogens is 1. The van der Waals surface area contributed by atoms with E-state index in [4.69, 9.17) is 0 Å². The summed E-state index contributed by atoms with van der Waals surface area (Å²) in [6.45, 7) is 2.78. The number of anilines is 1. The molecule has 0 atom stereocenters. The van der Waals surface area contributed by atoms with Crippen LogP contribution in [0.15, 0.2) is 30.6 Å². The molecule has 5 nitrogen and oxygen atoms in total. The summed E-state index contributed by atoms with van der Waals surface area (Å²) < 4.78 is 13.3. The van der Waals surface area contributed by atoms with Crippen molar-refractivity contribution < 1.29 is 4.39 Å². The fourth-order valence-corrected chi connectivity index (χ4v) is 2.53. The Kier molecular flexibility index (Phi) is 4.00. The van der Waals surface area contributed by atoms with Gasteiger partial charge in [0.2, 0.25) is 0 Å². The quantitative estimate of drug-likeness (QED) is 0.786. The summed E-state index contributed by atoms with van der Waals surface area (Å²) in [5.74, 6) is 0.481. The van der Waals surface area contributed by atoms with Crippen LogP contribution in [0, 0.1) is 5.82 Å². The largest absolute Gasteiger partial charge is 0.353 e. The lowest BCUT2D eigenvalue weighted by Gasteiger charge is -2.18. The van der Waals surface area contributed by atoms with Crippen LogP contribution < -0.4 is 4.90 Å². The number of nitrogens with one attached hydrogen (secondary N) is 1. The van der Waals surface area contributed by atoms with E-state index in [1.54, 1.807) is 6.07 Å². The minimum atomic E-state index is -0.294. The number of aromatic nitrogens is 4.